The second-order valence-electron chi connectivity index (χ2n) is 8.18. The first-order valence-electron chi connectivity index (χ1n) is 11.0. The fraction of sp³-hybridized carbons (Fsp3) is 0.696. The molecule has 2 fully saturated rings. The molecule has 3 rings (SSSR count). The predicted octanol–water partition coefficient (Wildman–Crippen LogP) is 4.46. The maximum absolute atomic E-state index is 6.22. The van der Waals surface area contributed by atoms with Crippen LogP contribution in [-0.4, -0.2) is 57.9 Å². The molecule has 30 heavy (non-hydrogen) atoms. The van der Waals surface area contributed by atoms with E-state index in [1.807, 2.05) is 13.1 Å². The van der Waals surface area contributed by atoms with E-state index in [2.05, 4.69) is 34.4 Å². The molecule has 170 valence electrons. The van der Waals surface area contributed by atoms with Crippen LogP contribution in [0.15, 0.2) is 23.2 Å². The average Bonchev–Trinajstić information content (AvgIpc) is 3.27. The first kappa shape index (κ1) is 25.0. The minimum absolute atomic E-state index is 0. The second kappa shape index (κ2) is 13.2. The minimum Gasteiger partial charge on any atom is -0.493 e. The van der Waals surface area contributed by atoms with E-state index >= 15 is 0 Å². The summed E-state index contributed by atoms with van der Waals surface area (Å²) in [6.45, 7) is 3.52. The first-order chi connectivity index (χ1) is 14.2. The van der Waals surface area contributed by atoms with Gasteiger partial charge in [-0.15, -0.1) is 24.0 Å². The number of benzene rings is 1. The summed E-state index contributed by atoms with van der Waals surface area (Å²) in [5.74, 6) is 3.34. The van der Waals surface area contributed by atoms with Crippen molar-refractivity contribution in [3.05, 3.63) is 23.8 Å². The monoisotopic (exact) mass is 531 g/mol. The van der Waals surface area contributed by atoms with Gasteiger partial charge in [-0.1, -0.05) is 6.07 Å². The molecule has 1 aromatic carbocycles. The van der Waals surface area contributed by atoms with Gasteiger partial charge >= 0.3 is 0 Å². The molecule has 0 atom stereocenters. The zero-order valence-corrected chi connectivity index (χ0v) is 21.0. The van der Waals surface area contributed by atoms with Gasteiger partial charge in [0.25, 0.3) is 0 Å². The van der Waals surface area contributed by atoms with Gasteiger partial charge in [-0.2, -0.15) is 0 Å². The lowest BCUT2D eigenvalue weighted by Crippen LogP contribution is -2.39. The lowest BCUT2D eigenvalue weighted by atomic mass is 9.96. The standard InChI is InChI=1S/C23H37N3O3.HI/c1-24-23(26(2)13-10-18-11-14-28-15-12-18)25-17-19-8-9-21(27-3)22(16-19)29-20-6-4-5-7-20;/h8-9,16,18,20H,4-7,10-15,17H2,1-3H3,(H,24,25);1H. The van der Waals surface area contributed by atoms with Crippen molar-refractivity contribution in [2.24, 2.45) is 10.9 Å². The number of nitrogens with zero attached hydrogens (tertiary/aromatic N) is 2. The van der Waals surface area contributed by atoms with Crippen LogP contribution in [-0.2, 0) is 11.3 Å². The van der Waals surface area contributed by atoms with E-state index in [1.54, 1.807) is 7.11 Å². The number of rotatable bonds is 8. The zero-order valence-electron chi connectivity index (χ0n) is 18.7. The van der Waals surface area contributed by atoms with Gasteiger partial charge in [0.05, 0.1) is 13.2 Å². The third kappa shape index (κ3) is 7.48. The van der Waals surface area contributed by atoms with Crippen molar-refractivity contribution in [3.8, 4) is 11.5 Å². The molecule has 1 aliphatic heterocycles. The number of ether oxygens (including phenoxy) is 3. The molecule has 0 spiro atoms. The normalized spacial score (nSPS) is 18.0. The van der Waals surface area contributed by atoms with E-state index in [-0.39, 0.29) is 24.0 Å². The van der Waals surface area contributed by atoms with E-state index in [0.29, 0.717) is 12.6 Å². The van der Waals surface area contributed by atoms with Crippen molar-refractivity contribution in [1.82, 2.24) is 10.2 Å². The second-order valence-corrected chi connectivity index (χ2v) is 8.18. The van der Waals surface area contributed by atoms with Crippen molar-refractivity contribution < 1.29 is 14.2 Å². The van der Waals surface area contributed by atoms with Crippen molar-refractivity contribution in [1.29, 1.82) is 0 Å². The highest BCUT2D eigenvalue weighted by Gasteiger charge is 2.19. The van der Waals surface area contributed by atoms with E-state index < -0.39 is 0 Å². The summed E-state index contributed by atoms with van der Waals surface area (Å²) in [5, 5.41) is 3.49. The molecule has 1 saturated carbocycles. The first-order valence-corrected chi connectivity index (χ1v) is 11.0. The largest absolute Gasteiger partial charge is 0.493 e. The molecule has 6 nitrogen and oxygen atoms in total. The van der Waals surface area contributed by atoms with Gasteiger partial charge in [0.2, 0.25) is 0 Å². The van der Waals surface area contributed by atoms with Crippen LogP contribution in [0.2, 0.25) is 0 Å². The Kier molecular flexibility index (Phi) is 11.1. The number of methoxy groups -OCH3 is 1. The maximum atomic E-state index is 6.22. The van der Waals surface area contributed by atoms with Gasteiger partial charge in [0, 0.05) is 40.4 Å². The third-order valence-electron chi connectivity index (χ3n) is 6.06. The quantitative estimate of drug-likeness (QED) is 0.305. The lowest BCUT2D eigenvalue weighted by Gasteiger charge is -2.27. The Morgan fingerprint density at radius 2 is 1.90 bits per heavy atom. The number of hydrogen-bond acceptors (Lipinski definition) is 4. The summed E-state index contributed by atoms with van der Waals surface area (Å²) in [7, 11) is 5.65. The number of halogens is 1. The molecular formula is C23H38IN3O3. The topological polar surface area (TPSA) is 55.3 Å². The fourth-order valence-corrected chi connectivity index (χ4v) is 4.19. The molecule has 0 radical (unpaired) electrons. The summed E-state index contributed by atoms with van der Waals surface area (Å²) >= 11 is 0. The summed E-state index contributed by atoms with van der Waals surface area (Å²) in [6, 6.07) is 6.18. The summed E-state index contributed by atoms with van der Waals surface area (Å²) in [4.78, 5) is 6.67. The molecule has 1 heterocycles. The Morgan fingerprint density at radius 1 is 1.17 bits per heavy atom. The Balaban J connectivity index is 0.00000320. The molecule has 0 amide bonds. The summed E-state index contributed by atoms with van der Waals surface area (Å²) in [5.41, 5.74) is 1.16. The van der Waals surface area contributed by atoms with Crippen LogP contribution in [0.4, 0.5) is 0 Å². The SMILES string of the molecule is CN=C(NCc1ccc(OC)c(OC2CCCC2)c1)N(C)CCC1CCOCC1.I. The smallest absolute Gasteiger partial charge is 0.193 e. The van der Waals surface area contributed by atoms with Crippen molar-refractivity contribution in [2.45, 2.75) is 57.6 Å². The van der Waals surface area contributed by atoms with Crippen LogP contribution in [0.25, 0.3) is 0 Å². The molecule has 2 aliphatic rings. The molecule has 1 N–H and O–H groups in total. The van der Waals surface area contributed by atoms with Crippen LogP contribution in [0.1, 0.15) is 50.5 Å². The fourth-order valence-electron chi connectivity index (χ4n) is 4.19. The molecule has 1 aliphatic carbocycles. The van der Waals surface area contributed by atoms with Gasteiger partial charge in [-0.05, 0) is 68.6 Å². The molecule has 0 aromatic heterocycles. The highest BCUT2D eigenvalue weighted by molar-refractivity contribution is 14.0. The number of hydrogen-bond donors (Lipinski definition) is 1. The molecular weight excluding hydrogens is 493 g/mol. The van der Waals surface area contributed by atoms with Crippen LogP contribution in [0.3, 0.4) is 0 Å². The van der Waals surface area contributed by atoms with Crippen LogP contribution in [0.5, 0.6) is 11.5 Å². The Morgan fingerprint density at radius 3 is 2.57 bits per heavy atom. The minimum atomic E-state index is 0. The van der Waals surface area contributed by atoms with Gasteiger partial charge in [-0.25, -0.2) is 0 Å². The molecule has 0 bridgehead atoms. The molecule has 1 aromatic rings. The van der Waals surface area contributed by atoms with E-state index in [9.17, 15) is 0 Å². The van der Waals surface area contributed by atoms with Crippen LogP contribution >= 0.6 is 24.0 Å². The average molecular weight is 531 g/mol. The van der Waals surface area contributed by atoms with Crippen molar-refractivity contribution >= 4 is 29.9 Å². The zero-order chi connectivity index (χ0) is 20.5. The molecule has 1 saturated heterocycles. The van der Waals surface area contributed by atoms with Crippen molar-refractivity contribution in [2.75, 3.05) is 41.0 Å². The summed E-state index contributed by atoms with van der Waals surface area (Å²) < 4.78 is 17.2. The summed E-state index contributed by atoms with van der Waals surface area (Å²) in [6.07, 6.45) is 8.63. The Hall–Kier alpha value is -1.22. The van der Waals surface area contributed by atoms with Gasteiger partial charge in [-0.3, -0.25) is 4.99 Å². The Bertz CT molecular complexity index is 659. The lowest BCUT2D eigenvalue weighted by molar-refractivity contribution is 0.0625. The van der Waals surface area contributed by atoms with Gasteiger partial charge in [0.15, 0.2) is 17.5 Å². The number of aliphatic imine (C=N–C) groups is 1. The number of guanidine groups is 1. The highest BCUT2D eigenvalue weighted by atomic mass is 127. The number of nitrogens with one attached hydrogen (secondary N) is 1. The molecule has 0 unspecified atom stereocenters. The third-order valence-corrected chi connectivity index (χ3v) is 6.06. The van der Waals surface area contributed by atoms with E-state index in [1.165, 1.54) is 32.1 Å². The van der Waals surface area contributed by atoms with Gasteiger partial charge < -0.3 is 24.4 Å². The highest BCUT2D eigenvalue weighted by Crippen LogP contribution is 2.32. The van der Waals surface area contributed by atoms with Crippen LogP contribution < -0.4 is 14.8 Å². The maximum Gasteiger partial charge on any atom is 0.193 e. The van der Waals surface area contributed by atoms with Crippen molar-refractivity contribution in [3.63, 3.8) is 0 Å². The van der Waals surface area contributed by atoms with E-state index in [4.69, 9.17) is 14.2 Å². The predicted molar refractivity (Wildman–Crippen MR) is 132 cm³/mol. The van der Waals surface area contributed by atoms with Crippen LogP contribution in [0, 0.1) is 5.92 Å². The van der Waals surface area contributed by atoms with Gasteiger partial charge in [0.1, 0.15) is 0 Å². The Labute approximate surface area is 198 Å². The van der Waals surface area contributed by atoms with E-state index in [0.717, 1.165) is 61.5 Å². The molecule has 7 heteroatoms.